The Morgan fingerprint density at radius 3 is 2.56 bits per heavy atom. The zero-order valence-electron chi connectivity index (χ0n) is 14.1. The Labute approximate surface area is 145 Å². The summed E-state index contributed by atoms with van der Waals surface area (Å²) in [5.41, 5.74) is 5.40. The van der Waals surface area contributed by atoms with Crippen molar-refractivity contribution in [2.75, 3.05) is 5.32 Å². The zero-order chi connectivity index (χ0) is 17.2. The van der Waals surface area contributed by atoms with E-state index in [4.69, 9.17) is 4.74 Å². The van der Waals surface area contributed by atoms with Gasteiger partial charge in [0, 0.05) is 11.9 Å². The summed E-state index contributed by atoms with van der Waals surface area (Å²) >= 11 is 0. The van der Waals surface area contributed by atoms with E-state index in [2.05, 4.69) is 46.2 Å². The Hall–Kier alpha value is -3.34. The number of benzene rings is 2. The number of hydrogen-bond donors (Lipinski definition) is 2. The molecule has 4 aromatic rings. The third kappa shape index (κ3) is 3.17. The number of fused-ring (bicyclic) bond motifs is 1. The Morgan fingerprint density at radius 2 is 1.80 bits per heavy atom. The monoisotopic (exact) mass is 330 g/mol. The van der Waals surface area contributed by atoms with Gasteiger partial charge in [0.1, 0.15) is 11.5 Å². The number of aryl methyl sites for hydroxylation is 2. The maximum Gasteiger partial charge on any atom is 0.205 e. The van der Waals surface area contributed by atoms with Gasteiger partial charge in [0.2, 0.25) is 5.95 Å². The summed E-state index contributed by atoms with van der Waals surface area (Å²) in [6, 6.07) is 15.6. The number of imidazole rings is 1. The van der Waals surface area contributed by atoms with Crippen molar-refractivity contribution < 1.29 is 4.74 Å². The van der Waals surface area contributed by atoms with Gasteiger partial charge in [-0.05, 0) is 67.4 Å². The van der Waals surface area contributed by atoms with E-state index in [1.54, 1.807) is 12.4 Å². The van der Waals surface area contributed by atoms with Crippen LogP contribution in [-0.2, 0) is 0 Å². The second-order valence-corrected chi connectivity index (χ2v) is 5.93. The normalized spacial score (nSPS) is 10.8. The van der Waals surface area contributed by atoms with Crippen LogP contribution in [0, 0.1) is 13.8 Å². The molecule has 4 rings (SSSR count). The minimum atomic E-state index is 0.714. The first kappa shape index (κ1) is 15.2. The second-order valence-electron chi connectivity index (χ2n) is 5.93. The van der Waals surface area contributed by atoms with Gasteiger partial charge in [0.25, 0.3) is 0 Å². The van der Waals surface area contributed by atoms with E-state index in [0.29, 0.717) is 5.75 Å². The van der Waals surface area contributed by atoms with Crippen LogP contribution in [0.2, 0.25) is 0 Å². The molecule has 0 aliphatic carbocycles. The van der Waals surface area contributed by atoms with Crippen molar-refractivity contribution in [2.24, 2.45) is 0 Å². The smallest absolute Gasteiger partial charge is 0.205 e. The van der Waals surface area contributed by atoms with E-state index in [9.17, 15) is 0 Å². The number of hydrogen-bond acceptors (Lipinski definition) is 4. The number of rotatable bonds is 4. The molecule has 5 heteroatoms. The fourth-order valence-corrected chi connectivity index (χ4v) is 2.66. The van der Waals surface area contributed by atoms with Crippen molar-refractivity contribution in [2.45, 2.75) is 13.8 Å². The lowest BCUT2D eigenvalue weighted by molar-refractivity contribution is 0.480. The van der Waals surface area contributed by atoms with Crippen LogP contribution in [0.3, 0.4) is 0 Å². The molecule has 0 spiro atoms. The predicted molar refractivity (Wildman–Crippen MR) is 99.6 cm³/mol. The predicted octanol–water partition coefficient (Wildman–Crippen LogP) is 5.11. The van der Waals surface area contributed by atoms with Gasteiger partial charge in [-0.25, -0.2) is 4.98 Å². The van der Waals surface area contributed by atoms with Gasteiger partial charge in [-0.1, -0.05) is 6.07 Å². The highest BCUT2D eigenvalue weighted by Crippen LogP contribution is 2.25. The van der Waals surface area contributed by atoms with Crippen molar-refractivity contribution in [3.8, 4) is 11.5 Å². The molecule has 25 heavy (non-hydrogen) atoms. The SMILES string of the molecule is Cc1ccc2[nH]c(Nc3ccc(Oc4cccnc4)cc3)nc2c1C. The number of nitrogens with one attached hydrogen (secondary N) is 2. The van der Waals surface area contributed by atoms with Crippen LogP contribution in [0.5, 0.6) is 11.5 Å². The van der Waals surface area contributed by atoms with Crippen molar-refractivity contribution in [1.29, 1.82) is 0 Å². The summed E-state index contributed by atoms with van der Waals surface area (Å²) < 4.78 is 5.75. The van der Waals surface area contributed by atoms with E-state index >= 15 is 0 Å². The lowest BCUT2D eigenvalue weighted by Gasteiger charge is -2.06. The number of ether oxygens (including phenoxy) is 1. The molecule has 0 aliphatic rings. The van der Waals surface area contributed by atoms with Gasteiger partial charge < -0.3 is 15.0 Å². The average molecular weight is 330 g/mol. The lowest BCUT2D eigenvalue weighted by Crippen LogP contribution is -1.92. The van der Waals surface area contributed by atoms with E-state index in [1.165, 1.54) is 11.1 Å². The largest absolute Gasteiger partial charge is 0.456 e. The number of aromatic nitrogens is 3. The first-order valence-electron chi connectivity index (χ1n) is 8.10. The number of pyridine rings is 1. The molecule has 124 valence electrons. The van der Waals surface area contributed by atoms with Crippen LogP contribution >= 0.6 is 0 Å². The van der Waals surface area contributed by atoms with Crippen LogP contribution < -0.4 is 10.1 Å². The lowest BCUT2D eigenvalue weighted by atomic mass is 10.1. The van der Waals surface area contributed by atoms with Gasteiger partial charge >= 0.3 is 0 Å². The zero-order valence-corrected chi connectivity index (χ0v) is 14.1. The van der Waals surface area contributed by atoms with E-state index in [1.807, 2.05) is 36.4 Å². The van der Waals surface area contributed by atoms with Gasteiger partial charge in [-0.15, -0.1) is 0 Å². The van der Waals surface area contributed by atoms with Gasteiger partial charge in [-0.3, -0.25) is 4.98 Å². The molecule has 0 fully saturated rings. The van der Waals surface area contributed by atoms with Gasteiger partial charge in [-0.2, -0.15) is 0 Å². The molecule has 2 aromatic heterocycles. The molecule has 0 amide bonds. The minimum absolute atomic E-state index is 0.714. The third-order valence-corrected chi connectivity index (χ3v) is 4.17. The third-order valence-electron chi connectivity index (χ3n) is 4.17. The molecule has 5 nitrogen and oxygen atoms in total. The number of aromatic amines is 1. The minimum Gasteiger partial charge on any atom is -0.456 e. The van der Waals surface area contributed by atoms with Gasteiger partial charge in [0.15, 0.2) is 0 Å². The number of anilines is 2. The Balaban J connectivity index is 1.52. The summed E-state index contributed by atoms with van der Waals surface area (Å²) in [5, 5.41) is 3.30. The average Bonchev–Trinajstić information content (AvgIpc) is 3.04. The van der Waals surface area contributed by atoms with Crippen molar-refractivity contribution in [1.82, 2.24) is 15.0 Å². The summed E-state index contributed by atoms with van der Waals surface area (Å²) in [6.07, 6.45) is 3.40. The van der Waals surface area contributed by atoms with Gasteiger partial charge in [0.05, 0.1) is 17.2 Å². The first-order valence-corrected chi connectivity index (χ1v) is 8.10. The standard InChI is InChI=1S/C20H18N4O/c1-13-5-10-18-19(14(13)2)24-20(23-18)22-15-6-8-16(9-7-15)25-17-4-3-11-21-12-17/h3-12H,1-2H3,(H2,22,23,24). The van der Waals surface area contributed by atoms with E-state index in [-0.39, 0.29) is 0 Å². The molecule has 0 saturated heterocycles. The second kappa shape index (κ2) is 6.28. The summed E-state index contributed by atoms with van der Waals surface area (Å²) in [7, 11) is 0. The molecule has 2 heterocycles. The van der Waals surface area contributed by atoms with Crippen LogP contribution in [-0.4, -0.2) is 15.0 Å². The molecule has 0 saturated carbocycles. The summed E-state index contributed by atoms with van der Waals surface area (Å²) in [4.78, 5) is 12.0. The summed E-state index contributed by atoms with van der Waals surface area (Å²) in [5.74, 6) is 2.20. The first-order chi connectivity index (χ1) is 12.2. The molecule has 2 aromatic carbocycles. The molecular formula is C20H18N4O. The van der Waals surface area contributed by atoms with Crippen molar-refractivity contribution in [3.63, 3.8) is 0 Å². The Morgan fingerprint density at radius 1 is 0.960 bits per heavy atom. The molecule has 0 bridgehead atoms. The molecule has 0 unspecified atom stereocenters. The van der Waals surface area contributed by atoms with Crippen molar-refractivity contribution in [3.05, 3.63) is 72.1 Å². The molecular weight excluding hydrogens is 312 g/mol. The van der Waals surface area contributed by atoms with Crippen LogP contribution in [0.4, 0.5) is 11.6 Å². The highest BCUT2D eigenvalue weighted by atomic mass is 16.5. The molecule has 0 atom stereocenters. The fourth-order valence-electron chi connectivity index (χ4n) is 2.66. The topological polar surface area (TPSA) is 62.8 Å². The van der Waals surface area contributed by atoms with Crippen molar-refractivity contribution >= 4 is 22.7 Å². The molecule has 2 N–H and O–H groups in total. The highest BCUT2D eigenvalue weighted by molar-refractivity contribution is 5.82. The van der Waals surface area contributed by atoms with Crippen LogP contribution in [0.15, 0.2) is 60.9 Å². The number of nitrogens with zero attached hydrogens (tertiary/aromatic N) is 2. The van der Waals surface area contributed by atoms with Crippen LogP contribution in [0.25, 0.3) is 11.0 Å². The Bertz CT molecular complexity index is 1010. The maximum absolute atomic E-state index is 5.75. The maximum atomic E-state index is 5.75. The summed E-state index contributed by atoms with van der Waals surface area (Å²) in [6.45, 7) is 4.18. The van der Waals surface area contributed by atoms with E-state index in [0.717, 1.165) is 28.4 Å². The van der Waals surface area contributed by atoms with E-state index < -0.39 is 0 Å². The quantitative estimate of drug-likeness (QED) is 0.546. The number of H-pyrrole nitrogens is 1. The Kier molecular flexibility index (Phi) is 3.82. The highest BCUT2D eigenvalue weighted by Gasteiger charge is 2.07. The molecule has 0 radical (unpaired) electrons. The fraction of sp³-hybridized carbons (Fsp3) is 0.100. The molecule has 0 aliphatic heterocycles. The van der Waals surface area contributed by atoms with Crippen LogP contribution in [0.1, 0.15) is 11.1 Å².